The molecule has 0 spiro atoms. The van der Waals surface area contributed by atoms with Gasteiger partial charge in [-0.3, -0.25) is 4.79 Å². The van der Waals surface area contributed by atoms with Crippen LogP contribution in [0.4, 0.5) is 10.1 Å². The minimum absolute atomic E-state index is 0.256. The van der Waals surface area contributed by atoms with Gasteiger partial charge in [0.1, 0.15) is 18.2 Å². The van der Waals surface area contributed by atoms with E-state index in [4.69, 9.17) is 9.47 Å². The summed E-state index contributed by atoms with van der Waals surface area (Å²) in [7, 11) is 0. The Morgan fingerprint density at radius 2 is 1.96 bits per heavy atom. The molecule has 5 nitrogen and oxygen atoms in total. The summed E-state index contributed by atoms with van der Waals surface area (Å²) in [4.78, 5) is 12.5. The topological polar surface area (TPSA) is 59.6 Å². The summed E-state index contributed by atoms with van der Waals surface area (Å²) in [5, 5.41) is 6.37. The van der Waals surface area contributed by atoms with Crippen LogP contribution in [-0.2, 0) is 27.4 Å². The summed E-state index contributed by atoms with van der Waals surface area (Å²) in [6.07, 6.45) is 2.07. The van der Waals surface area contributed by atoms with Crippen molar-refractivity contribution in [3.05, 3.63) is 64.5 Å². The summed E-state index contributed by atoms with van der Waals surface area (Å²) in [6.45, 7) is 2.84. The zero-order valence-electron chi connectivity index (χ0n) is 15.4. The van der Waals surface area contributed by atoms with Gasteiger partial charge >= 0.3 is 0 Å². The number of hydrogen-bond donors (Lipinski definition) is 2. The molecule has 28 heavy (non-hydrogen) atoms. The molecule has 5 rings (SSSR count). The van der Waals surface area contributed by atoms with E-state index in [1.165, 1.54) is 17.7 Å². The molecule has 144 valence electrons. The first-order valence-corrected chi connectivity index (χ1v) is 9.61. The first-order chi connectivity index (χ1) is 13.7. The van der Waals surface area contributed by atoms with Gasteiger partial charge in [0.2, 0.25) is 0 Å². The second kappa shape index (κ2) is 7.04. The van der Waals surface area contributed by atoms with E-state index in [1.54, 1.807) is 6.07 Å². The second-order valence-corrected chi connectivity index (χ2v) is 7.40. The maximum absolute atomic E-state index is 13.7. The van der Waals surface area contributed by atoms with Gasteiger partial charge in [0.05, 0.1) is 5.57 Å². The quantitative estimate of drug-likeness (QED) is 0.801. The normalized spacial score (nSPS) is 21.2. The van der Waals surface area contributed by atoms with Crippen LogP contribution in [0.5, 0.6) is 0 Å². The fourth-order valence-corrected chi connectivity index (χ4v) is 4.06. The molecule has 6 heteroatoms. The van der Waals surface area contributed by atoms with Crippen molar-refractivity contribution in [3.8, 4) is 0 Å². The van der Waals surface area contributed by atoms with Gasteiger partial charge in [-0.2, -0.15) is 0 Å². The number of rotatable bonds is 3. The highest BCUT2D eigenvalue weighted by Gasteiger charge is 2.32. The number of benzene rings is 2. The number of nitrogens with one attached hydrogen (secondary N) is 2. The summed E-state index contributed by atoms with van der Waals surface area (Å²) in [6, 6.07) is 11.0. The molecule has 0 aliphatic carbocycles. The van der Waals surface area contributed by atoms with Crippen LogP contribution in [-0.4, -0.2) is 25.2 Å². The molecule has 1 saturated heterocycles. The Morgan fingerprint density at radius 1 is 1.11 bits per heavy atom. The van der Waals surface area contributed by atoms with Crippen LogP contribution in [0.25, 0.3) is 11.3 Å². The van der Waals surface area contributed by atoms with Crippen LogP contribution in [0.2, 0.25) is 0 Å². The monoisotopic (exact) mass is 380 g/mol. The lowest BCUT2D eigenvalue weighted by molar-refractivity contribution is -0.110. The summed E-state index contributed by atoms with van der Waals surface area (Å²) >= 11 is 0. The number of ether oxygens (including phenoxy) is 2. The highest BCUT2D eigenvalue weighted by molar-refractivity contribution is 6.36. The van der Waals surface area contributed by atoms with E-state index in [1.807, 2.05) is 6.07 Å². The van der Waals surface area contributed by atoms with Crippen LogP contribution in [0.3, 0.4) is 0 Å². The third-order valence-corrected chi connectivity index (χ3v) is 5.56. The number of halogens is 1. The number of fused-ring (bicyclic) bond motifs is 2. The molecule has 3 aliphatic heterocycles. The first-order valence-electron chi connectivity index (χ1n) is 9.61. The van der Waals surface area contributed by atoms with Crippen LogP contribution < -0.4 is 10.6 Å². The Balaban J connectivity index is 1.42. The van der Waals surface area contributed by atoms with Crippen molar-refractivity contribution in [1.29, 1.82) is 0 Å². The van der Waals surface area contributed by atoms with Crippen LogP contribution in [0, 0.1) is 5.82 Å². The van der Waals surface area contributed by atoms with E-state index in [9.17, 15) is 9.18 Å². The van der Waals surface area contributed by atoms with Gasteiger partial charge in [-0.1, -0.05) is 18.2 Å². The lowest BCUT2D eigenvalue weighted by atomic mass is 9.99. The molecular formula is C22H21FN2O3. The molecule has 3 aliphatic rings. The smallest absolute Gasteiger partial charge is 0.260 e. The minimum atomic E-state index is -0.374. The van der Waals surface area contributed by atoms with Gasteiger partial charge in [0, 0.05) is 48.2 Å². The van der Waals surface area contributed by atoms with E-state index >= 15 is 0 Å². The molecule has 2 aromatic rings. The Hall–Kier alpha value is -2.70. The van der Waals surface area contributed by atoms with Crippen LogP contribution in [0.1, 0.15) is 35.1 Å². The zero-order chi connectivity index (χ0) is 19.1. The van der Waals surface area contributed by atoms with E-state index in [0.29, 0.717) is 35.2 Å². The van der Waals surface area contributed by atoms with E-state index < -0.39 is 0 Å². The van der Waals surface area contributed by atoms with Gasteiger partial charge in [0.25, 0.3) is 5.91 Å². The fraction of sp³-hybridized carbons (Fsp3) is 0.318. The van der Waals surface area contributed by atoms with Crippen molar-refractivity contribution < 1.29 is 18.7 Å². The molecule has 0 bridgehead atoms. The molecule has 0 radical (unpaired) electrons. The predicted molar refractivity (Wildman–Crippen MR) is 104 cm³/mol. The molecule has 0 aromatic heterocycles. The summed E-state index contributed by atoms with van der Waals surface area (Å²) < 4.78 is 25.0. The Kier molecular flexibility index (Phi) is 4.37. The molecular weight excluding hydrogens is 359 g/mol. The third-order valence-electron chi connectivity index (χ3n) is 5.56. The summed E-state index contributed by atoms with van der Waals surface area (Å²) in [5.41, 5.74) is 4.70. The van der Waals surface area contributed by atoms with Gasteiger partial charge in [-0.15, -0.1) is 0 Å². The molecule has 3 heterocycles. The second-order valence-electron chi connectivity index (χ2n) is 7.40. The van der Waals surface area contributed by atoms with Crippen LogP contribution >= 0.6 is 0 Å². The molecule has 0 saturated carbocycles. The Morgan fingerprint density at radius 3 is 2.82 bits per heavy atom. The van der Waals surface area contributed by atoms with Gasteiger partial charge in [-0.05, 0) is 36.6 Å². The average molecular weight is 380 g/mol. The number of hydrogen-bond acceptors (Lipinski definition) is 4. The van der Waals surface area contributed by atoms with Crippen molar-refractivity contribution >= 4 is 22.9 Å². The lowest BCUT2D eigenvalue weighted by Crippen LogP contribution is -2.34. The zero-order valence-corrected chi connectivity index (χ0v) is 15.4. The lowest BCUT2D eigenvalue weighted by Gasteiger charge is -2.23. The van der Waals surface area contributed by atoms with E-state index in [2.05, 4.69) is 22.8 Å². The maximum atomic E-state index is 13.7. The highest BCUT2D eigenvalue weighted by Crippen LogP contribution is 2.41. The van der Waals surface area contributed by atoms with Crippen molar-refractivity contribution in [2.75, 3.05) is 18.5 Å². The Bertz CT molecular complexity index is 980. The predicted octanol–water partition coefficient (Wildman–Crippen LogP) is 3.44. The molecule has 1 amide bonds. The van der Waals surface area contributed by atoms with E-state index in [0.717, 1.165) is 43.7 Å². The minimum Gasteiger partial charge on any atom is -0.487 e. The van der Waals surface area contributed by atoms with E-state index in [-0.39, 0.29) is 11.7 Å². The Labute approximate surface area is 162 Å². The number of carbonyl (C=O) groups is 1. The van der Waals surface area contributed by atoms with Crippen molar-refractivity contribution in [1.82, 2.24) is 5.32 Å². The number of carbonyl (C=O) groups excluding carboxylic acids is 1. The van der Waals surface area contributed by atoms with Crippen molar-refractivity contribution in [2.24, 2.45) is 0 Å². The first kappa shape index (κ1) is 17.4. The van der Waals surface area contributed by atoms with Crippen LogP contribution in [0.15, 0.2) is 36.4 Å². The fourth-order valence-electron chi connectivity index (χ4n) is 4.06. The summed E-state index contributed by atoms with van der Waals surface area (Å²) in [5.74, 6) is -0.101. The number of amides is 1. The molecule has 0 atom stereocenters. The molecule has 0 unspecified atom stereocenters. The van der Waals surface area contributed by atoms with Gasteiger partial charge < -0.3 is 20.1 Å². The average Bonchev–Trinajstić information content (AvgIpc) is 3.26. The standard InChI is InChI=1S/C22H21FN2O3/c23-15-2-4-19-18(10-15)20(22(26)25-19)21-17-3-1-13(9-14(17)12-28-21)11-24-16-5-7-27-8-6-16/h1-4,9-10,16,24H,5-8,11-12H2,(H,25,26). The van der Waals surface area contributed by atoms with Gasteiger partial charge in [-0.25, -0.2) is 4.39 Å². The molecule has 2 aromatic carbocycles. The highest BCUT2D eigenvalue weighted by atomic mass is 19.1. The molecule has 2 N–H and O–H groups in total. The molecule has 1 fully saturated rings. The maximum Gasteiger partial charge on any atom is 0.260 e. The van der Waals surface area contributed by atoms with Gasteiger partial charge in [0.15, 0.2) is 0 Å². The van der Waals surface area contributed by atoms with Crippen molar-refractivity contribution in [2.45, 2.75) is 32.0 Å². The SMILES string of the molecule is O=C1Nc2ccc(F)cc2C1=C1OCc2cc(CNC3CCOCC3)ccc21. The van der Waals surface area contributed by atoms with Crippen molar-refractivity contribution in [3.63, 3.8) is 0 Å². The number of anilines is 1. The third kappa shape index (κ3) is 3.08. The largest absolute Gasteiger partial charge is 0.487 e.